The van der Waals surface area contributed by atoms with Crippen molar-refractivity contribution in [1.82, 2.24) is 10.6 Å². The molecule has 1 atom stereocenters. The van der Waals surface area contributed by atoms with Crippen LogP contribution < -0.4 is 10.6 Å². The van der Waals surface area contributed by atoms with Gasteiger partial charge in [-0.25, -0.2) is 0 Å². The molecule has 7 heteroatoms. The lowest BCUT2D eigenvalue weighted by atomic mass is 9.84. The van der Waals surface area contributed by atoms with E-state index in [-0.39, 0.29) is 36.0 Å². The Morgan fingerprint density at radius 2 is 2.00 bits per heavy atom. The molecule has 6 nitrogen and oxygen atoms in total. The number of ether oxygens (including phenoxy) is 2. The van der Waals surface area contributed by atoms with E-state index in [2.05, 4.69) is 17.6 Å². The molecule has 0 spiro atoms. The van der Waals surface area contributed by atoms with Crippen LogP contribution in [0.3, 0.4) is 0 Å². The third-order valence-corrected chi connectivity index (χ3v) is 5.29. The van der Waals surface area contributed by atoms with Gasteiger partial charge in [0, 0.05) is 31.7 Å². The van der Waals surface area contributed by atoms with E-state index >= 15 is 0 Å². The summed E-state index contributed by atoms with van der Waals surface area (Å²) >= 11 is 0. The van der Waals surface area contributed by atoms with Gasteiger partial charge in [0.05, 0.1) is 25.9 Å². The van der Waals surface area contributed by atoms with Crippen molar-refractivity contribution in [3.05, 3.63) is 0 Å². The predicted octanol–water partition coefficient (Wildman–Crippen LogP) is 2.69. The molecule has 1 saturated heterocycles. The molecule has 1 aliphatic carbocycles. The summed E-state index contributed by atoms with van der Waals surface area (Å²) in [5, 5.41) is 16.0. The van der Waals surface area contributed by atoms with Crippen LogP contribution in [0.5, 0.6) is 0 Å². The fourth-order valence-electron chi connectivity index (χ4n) is 3.68. The Labute approximate surface area is 175 Å². The largest absolute Gasteiger partial charge is 0.396 e. The smallest absolute Gasteiger partial charge is 0.191 e. The van der Waals surface area contributed by atoms with Gasteiger partial charge in [0.2, 0.25) is 0 Å². The van der Waals surface area contributed by atoms with Crippen molar-refractivity contribution in [1.29, 1.82) is 0 Å². The summed E-state index contributed by atoms with van der Waals surface area (Å²) in [4.78, 5) is 4.73. The van der Waals surface area contributed by atoms with E-state index in [9.17, 15) is 5.11 Å². The lowest BCUT2D eigenvalue weighted by Crippen LogP contribution is -2.40. The number of nitrogens with zero attached hydrogens (tertiary/aromatic N) is 1. The molecule has 0 bridgehead atoms. The second-order valence-corrected chi connectivity index (χ2v) is 7.38. The average Bonchev–Trinajstić information content (AvgIpc) is 2.91. The summed E-state index contributed by atoms with van der Waals surface area (Å²) in [5.74, 6) is 0.830. The molecule has 0 aromatic heterocycles. The molecule has 2 rings (SSSR count). The Kier molecular flexibility index (Phi) is 12.8. The van der Waals surface area contributed by atoms with Crippen LogP contribution in [-0.4, -0.2) is 63.2 Å². The van der Waals surface area contributed by atoms with Crippen molar-refractivity contribution in [2.45, 2.75) is 64.4 Å². The maximum Gasteiger partial charge on any atom is 0.191 e. The van der Waals surface area contributed by atoms with E-state index in [4.69, 9.17) is 14.5 Å². The summed E-state index contributed by atoms with van der Waals surface area (Å²) in [7, 11) is 0. The normalized spacial score (nSPS) is 24.8. The molecule has 2 fully saturated rings. The number of guanidine groups is 1. The summed E-state index contributed by atoms with van der Waals surface area (Å²) < 4.78 is 11.6. The molecule has 1 saturated carbocycles. The molecule has 1 aliphatic heterocycles. The van der Waals surface area contributed by atoms with Crippen molar-refractivity contribution in [3.8, 4) is 0 Å². The molecular formula is C19H38IN3O3. The molecule has 0 aromatic carbocycles. The van der Waals surface area contributed by atoms with E-state index < -0.39 is 0 Å². The molecule has 0 amide bonds. The molecule has 2 aliphatic rings. The first-order valence-corrected chi connectivity index (χ1v) is 10.1. The minimum absolute atomic E-state index is 0. The van der Waals surface area contributed by atoms with Crippen LogP contribution >= 0.6 is 24.0 Å². The highest BCUT2D eigenvalue weighted by molar-refractivity contribution is 14.0. The number of rotatable bonds is 9. The molecule has 0 aromatic rings. The Balaban J connectivity index is 0.00000338. The number of hydrogen-bond acceptors (Lipinski definition) is 4. The van der Waals surface area contributed by atoms with Gasteiger partial charge in [-0.1, -0.05) is 25.7 Å². The Morgan fingerprint density at radius 1 is 1.23 bits per heavy atom. The third kappa shape index (κ3) is 8.71. The minimum atomic E-state index is -0.00600. The first-order chi connectivity index (χ1) is 12.3. The summed E-state index contributed by atoms with van der Waals surface area (Å²) in [6, 6.07) is 0. The van der Waals surface area contributed by atoms with Gasteiger partial charge in [0.25, 0.3) is 0 Å². The Hall–Kier alpha value is -0.120. The van der Waals surface area contributed by atoms with Gasteiger partial charge in [-0.15, -0.1) is 24.0 Å². The fourth-order valence-corrected chi connectivity index (χ4v) is 3.68. The number of aliphatic hydroxyl groups excluding tert-OH is 1. The van der Waals surface area contributed by atoms with Gasteiger partial charge in [0.15, 0.2) is 5.96 Å². The zero-order chi connectivity index (χ0) is 17.8. The van der Waals surface area contributed by atoms with Crippen LogP contribution in [0, 0.1) is 5.41 Å². The summed E-state index contributed by atoms with van der Waals surface area (Å²) in [5.41, 5.74) is -0.00600. The maximum absolute atomic E-state index is 9.33. The molecule has 1 heterocycles. The molecule has 154 valence electrons. The Morgan fingerprint density at radius 3 is 2.62 bits per heavy atom. The SMILES string of the molecule is CCNC(=NCC1(CCO)CCOC1)NCCOC1CCCCCC1.I. The molecule has 1 unspecified atom stereocenters. The highest BCUT2D eigenvalue weighted by atomic mass is 127. The van der Waals surface area contributed by atoms with Gasteiger partial charge in [-0.05, 0) is 32.6 Å². The Bertz CT molecular complexity index is 382. The highest BCUT2D eigenvalue weighted by Crippen LogP contribution is 2.32. The number of halogens is 1. The van der Waals surface area contributed by atoms with Crippen molar-refractivity contribution in [2.75, 3.05) is 46.1 Å². The van der Waals surface area contributed by atoms with Crippen molar-refractivity contribution < 1.29 is 14.6 Å². The van der Waals surface area contributed by atoms with Crippen molar-refractivity contribution in [2.24, 2.45) is 10.4 Å². The first-order valence-electron chi connectivity index (χ1n) is 10.1. The van der Waals surface area contributed by atoms with E-state index in [1.54, 1.807) is 0 Å². The van der Waals surface area contributed by atoms with Gasteiger partial charge >= 0.3 is 0 Å². The lowest BCUT2D eigenvalue weighted by Gasteiger charge is -2.25. The van der Waals surface area contributed by atoms with E-state index in [0.717, 1.165) is 45.1 Å². The van der Waals surface area contributed by atoms with Crippen molar-refractivity contribution >= 4 is 29.9 Å². The lowest BCUT2D eigenvalue weighted by molar-refractivity contribution is 0.0468. The van der Waals surface area contributed by atoms with E-state index in [1.165, 1.54) is 38.5 Å². The third-order valence-electron chi connectivity index (χ3n) is 5.29. The number of hydrogen-bond donors (Lipinski definition) is 3. The molecule has 26 heavy (non-hydrogen) atoms. The van der Waals surface area contributed by atoms with Crippen LogP contribution in [0.15, 0.2) is 4.99 Å². The van der Waals surface area contributed by atoms with E-state index in [0.29, 0.717) is 19.3 Å². The predicted molar refractivity (Wildman–Crippen MR) is 116 cm³/mol. The van der Waals surface area contributed by atoms with Gasteiger partial charge in [0.1, 0.15) is 0 Å². The van der Waals surface area contributed by atoms with Gasteiger partial charge in [-0.3, -0.25) is 4.99 Å². The van der Waals surface area contributed by atoms with E-state index in [1.807, 2.05) is 0 Å². The van der Waals surface area contributed by atoms with Crippen LogP contribution in [-0.2, 0) is 9.47 Å². The number of nitrogens with one attached hydrogen (secondary N) is 2. The van der Waals surface area contributed by atoms with Crippen LogP contribution in [0.4, 0.5) is 0 Å². The standard InChI is InChI=1S/C19H37N3O3.HI/c1-2-20-18(22-15-19(9-12-23)10-13-24-16-19)21-11-14-25-17-7-5-3-4-6-8-17;/h17,23H,2-16H2,1H3,(H2,20,21,22);1H. The van der Waals surface area contributed by atoms with Crippen LogP contribution in [0.2, 0.25) is 0 Å². The number of aliphatic imine (C=N–C) groups is 1. The topological polar surface area (TPSA) is 75.1 Å². The second kappa shape index (κ2) is 14.0. The quantitative estimate of drug-likeness (QED) is 0.155. The summed E-state index contributed by atoms with van der Waals surface area (Å²) in [6.45, 7) is 6.74. The van der Waals surface area contributed by atoms with Gasteiger partial charge < -0.3 is 25.2 Å². The fraction of sp³-hybridized carbons (Fsp3) is 0.947. The first kappa shape index (κ1) is 23.9. The highest BCUT2D eigenvalue weighted by Gasteiger charge is 2.34. The average molecular weight is 483 g/mol. The molecule has 3 N–H and O–H groups in total. The van der Waals surface area contributed by atoms with Crippen molar-refractivity contribution in [3.63, 3.8) is 0 Å². The van der Waals surface area contributed by atoms with Crippen LogP contribution in [0.1, 0.15) is 58.3 Å². The minimum Gasteiger partial charge on any atom is -0.396 e. The molecule has 0 radical (unpaired) electrons. The van der Waals surface area contributed by atoms with Gasteiger partial charge in [-0.2, -0.15) is 0 Å². The maximum atomic E-state index is 9.33. The number of aliphatic hydroxyl groups is 1. The second-order valence-electron chi connectivity index (χ2n) is 7.38. The monoisotopic (exact) mass is 483 g/mol. The molecular weight excluding hydrogens is 445 g/mol. The zero-order valence-corrected chi connectivity index (χ0v) is 18.6. The van der Waals surface area contributed by atoms with Crippen LogP contribution in [0.25, 0.3) is 0 Å². The summed E-state index contributed by atoms with van der Waals surface area (Å²) in [6.07, 6.45) is 9.89. The zero-order valence-electron chi connectivity index (χ0n) is 16.3.